The van der Waals surface area contributed by atoms with E-state index in [0.29, 0.717) is 5.69 Å². The van der Waals surface area contributed by atoms with E-state index in [4.69, 9.17) is 0 Å². The predicted octanol–water partition coefficient (Wildman–Crippen LogP) is 3.44. The van der Waals surface area contributed by atoms with Gasteiger partial charge < -0.3 is 5.32 Å². The van der Waals surface area contributed by atoms with Gasteiger partial charge in [-0.1, -0.05) is 45.9 Å². The molecular formula is C19H24N4O4S. The molecule has 0 saturated heterocycles. The minimum atomic E-state index is -4.29. The monoisotopic (exact) mass is 404 g/mol. The first kappa shape index (κ1) is 21.5. The first-order chi connectivity index (χ1) is 13.0. The van der Waals surface area contributed by atoms with Crippen LogP contribution in [0.3, 0.4) is 0 Å². The van der Waals surface area contributed by atoms with Crippen molar-refractivity contribution < 1.29 is 18.0 Å². The lowest BCUT2D eigenvalue weighted by Gasteiger charge is -2.20. The normalized spacial score (nSPS) is 11.5. The molecule has 150 valence electrons. The minimum absolute atomic E-state index is 0.101. The molecule has 0 saturated carbocycles. The topological polar surface area (TPSA) is 118 Å². The third-order valence-corrected chi connectivity index (χ3v) is 5.29. The lowest BCUT2D eigenvalue weighted by Crippen LogP contribution is -2.35. The summed E-state index contributed by atoms with van der Waals surface area (Å²) in [5.74, 6) is -0.172. The fourth-order valence-electron chi connectivity index (χ4n) is 2.66. The van der Waals surface area contributed by atoms with Crippen LogP contribution in [0.4, 0.5) is 10.5 Å². The van der Waals surface area contributed by atoms with Gasteiger partial charge in [-0.3, -0.25) is 9.78 Å². The van der Waals surface area contributed by atoms with Gasteiger partial charge in [0.1, 0.15) is 5.69 Å². The van der Waals surface area contributed by atoms with E-state index in [2.05, 4.69) is 15.3 Å². The molecule has 0 bridgehead atoms. The van der Waals surface area contributed by atoms with Crippen molar-refractivity contribution in [3.63, 3.8) is 0 Å². The summed E-state index contributed by atoms with van der Waals surface area (Å²) < 4.78 is 26.8. The number of amides is 2. The van der Waals surface area contributed by atoms with Crippen molar-refractivity contribution in [2.75, 3.05) is 5.32 Å². The number of nitrogens with one attached hydrogen (secondary N) is 2. The summed E-state index contributed by atoms with van der Waals surface area (Å²) in [5, 5.41) is 2.16. The van der Waals surface area contributed by atoms with E-state index in [1.165, 1.54) is 6.92 Å². The number of para-hydroxylation sites is 1. The summed E-state index contributed by atoms with van der Waals surface area (Å²) in [7, 11) is -4.29. The van der Waals surface area contributed by atoms with E-state index in [0.717, 1.165) is 23.5 Å². The van der Waals surface area contributed by atoms with Gasteiger partial charge in [-0.2, -0.15) is 8.42 Å². The number of hydrogen-bond acceptors (Lipinski definition) is 6. The average molecular weight is 404 g/mol. The Balaban J connectivity index is 2.32. The van der Waals surface area contributed by atoms with Gasteiger partial charge in [-0.05, 0) is 23.0 Å². The number of ketones is 1. The van der Waals surface area contributed by atoms with Crippen LogP contribution in [-0.2, 0) is 10.0 Å². The molecule has 1 aromatic carbocycles. The Morgan fingerprint density at radius 3 is 2.07 bits per heavy atom. The Hall–Kier alpha value is -2.81. The number of nitrogens with zero attached hydrogens (tertiary/aromatic N) is 2. The molecule has 9 heteroatoms. The molecule has 0 unspecified atom stereocenters. The number of carbonyl (C=O) groups excluding carboxylic acids is 2. The molecule has 0 spiro atoms. The smallest absolute Gasteiger partial charge is 0.307 e. The molecule has 0 aliphatic heterocycles. The second-order valence-corrected chi connectivity index (χ2v) is 8.61. The summed E-state index contributed by atoms with van der Waals surface area (Å²) in [4.78, 5) is 31.3. The van der Waals surface area contributed by atoms with Gasteiger partial charge in [-0.15, -0.1) is 0 Å². The van der Waals surface area contributed by atoms with E-state index in [1.807, 2.05) is 50.6 Å². The SMILES string of the molecule is CC(=O)c1cncc(S(=O)(=O)NC(=O)Nc2c(C(C)C)cccc2C(C)C)n1. The molecule has 2 amide bonds. The number of hydrogen-bond donors (Lipinski definition) is 2. The average Bonchev–Trinajstić information content (AvgIpc) is 2.61. The molecule has 1 aromatic heterocycles. The van der Waals surface area contributed by atoms with Crippen LogP contribution in [0.1, 0.15) is 68.1 Å². The van der Waals surface area contributed by atoms with Crippen LogP contribution in [-0.4, -0.2) is 30.2 Å². The molecule has 8 nitrogen and oxygen atoms in total. The van der Waals surface area contributed by atoms with Crippen molar-refractivity contribution in [2.45, 2.75) is 51.5 Å². The molecule has 28 heavy (non-hydrogen) atoms. The highest BCUT2D eigenvalue weighted by Gasteiger charge is 2.23. The number of anilines is 1. The zero-order valence-electron chi connectivity index (χ0n) is 16.5. The summed E-state index contributed by atoms with van der Waals surface area (Å²) >= 11 is 0. The van der Waals surface area contributed by atoms with E-state index in [-0.39, 0.29) is 17.5 Å². The summed E-state index contributed by atoms with van der Waals surface area (Å²) in [6.07, 6.45) is 2.14. The quantitative estimate of drug-likeness (QED) is 0.712. The van der Waals surface area contributed by atoms with Gasteiger partial charge >= 0.3 is 6.03 Å². The Labute approximate surface area is 164 Å². The molecule has 0 radical (unpaired) electrons. The van der Waals surface area contributed by atoms with E-state index in [1.54, 1.807) is 0 Å². The number of Topliss-reactive ketones (excluding diaryl/α,β-unsaturated/α-hetero) is 1. The number of rotatable bonds is 6. The number of benzene rings is 1. The number of aromatic nitrogens is 2. The summed E-state index contributed by atoms with van der Waals surface area (Å²) in [5.41, 5.74) is 2.29. The fraction of sp³-hybridized carbons (Fsp3) is 0.368. The van der Waals surface area contributed by atoms with Gasteiger partial charge in [0, 0.05) is 12.6 Å². The van der Waals surface area contributed by atoms with Crippen LogP contribution >= 0.6 is 0 Å². The fourth-order valence-corrected chi connectivity index (χ4v) is 3.47. The molecule has 2 N–H and O–H groups in total. The Morgan fingerprint density at radius 2 is 1.57 bits per heavy atom. The Morgan fingerprint density at radius 1 is 1.00 bits per heavy atom. The van der Waals surface area contributed by atoms with Crippen LogP contribution in [0.5, 0.6) is 0 Å². The van der Waals surface area contributed by atoms with Gasteiger partial charge in [0.25, 0.3) is 10.0 Å². The zero-order valence-corrected chi connectivity index (χ0v) is 17.3. The van der Waals surface area contributed by atoms with Crippen molar-refractivity contribution >= 4 is 27.5 Å². The maximum absolute atomic E-state index is 12.5. The van der Waals surface area contributed by atoms with Crippen molar-refractivity contribution in [2.24, 2.45) is 0 Å². The minimum Gasteiger partial charge on any atom is -0.307 e. The first-order valence-corrected chi connectivity index (χ1v) is 10.3. The van der Waals surface area contributed by atoms with E-state index >= 15 is 0 Å². The molecule has 2 rings (SSSR count). The largest absolute Gasteiger partial charge is 0.333 e. The van der Waals surface area contributed by atoms with E-state index in [9.17, 15) is 18.0 Å². The molecule has 0 atom stereocenters. The van der Waals surface area contributed by atoms with Crippen molar-refractivity contribution in [3.05, 3.63) is 47.4 Å². The van der Waals surface area contributed by atoms with Crippen molar-refractivity contribution in [1.82, 2.24) is 14.7 Å². The van der Waals surface area contributed by atoms with Crippen LogP contribution < -0.4 is 10.0 Å². The van der Waals surface area contributed by atoms with Gasteiger partial charge in [-0.25, -0.2) is 14.5 Å². The Bertz CT molecular complexity index is 974. The highest BCUT2D eigenvalue weighted by Crippen LogP contribution is 2.32. The molecule has 0 aliphatic carbocycles. The Kier molecular flexibility index (Phi) is 6.50. The zero-order chi connectivity index (χ0) is 21.1. The van der Waals surface area contributed by atoms with Crippen molar-refractivity contribution in [3.8, 4) is 0 Å². The maximum atomic E-state index is 12.5. The van der Waals surface area contributed by atoms with Crippen LogP contribution in [0.25, 0.3) is 0 Å². The van der Waals surface area contributed by atoms with Gasteiger partial charge in [0.2, 0.25) is 0 Å². The van der Waals surface area contributed by atoms with Gasteiger partial charge in [0.05, 0.1) is 12.4 Å². The molecule has 0 aliphatic rings. The highest BCUT2D eigenvalue weighted by molar-refractivity contribution is 7.90. The molecule has 0 fully saturated rings. The predicted molar refractivity (Wildman–Crippen MR) is 106 cm³/mol. The molecule has 2 aromatic rings. The standard InChI is InChI=1S/C19H24N4O4S/c1-11(2)14-7-6-8-15(12(3)4)18(14)22-19(25)23-28(26,27)17-10-20-9-16(21-17)13(5)24/h6-12H,1-5H3,(H2,22,23,25). The third kappa shape index (κ3) is 4.92. The number of carbonyl (C=O) groups is 2. The summed E-state index contributed by atoms with van der Waals surface area (Å²) in [6.45, 7) is 9.20. The van der Waals surface area contributed by atoms with Crippen LogP contribution in [0, 0.1) is 0 Å². The number of urea groups is 1. The van der Waals surface area contributed by atoms with E-state index < -0.39 is 26.9 Å². The second-order valence-electron chi connectivity index (χ2n) is 6.98. The molecule has 1 heterocycles. The van der Waals surface area contributed by atoms with Crippen LogP contribution in [0.2, 0.25) is 0 Å². The summed E-state index contributed by atoms with van der Waals surface area (Å²) in [6, 6.07) is 4.78. The van der Waals surface area contributed by atoms with Crippen molar-refractivity contribution in [1.29, 1.82) is 0 Å². The first-order valence-electron chi connectivity index (χ1n) is 8.82. The second kappa shape index (κ2) is 8.47. The number of sulfonamides is 1. The van der Waals surface area contributed by atoms with Gasteiger partial charge in [0.15, 0.2) is 10.8 Å². The lowest BCUT2D eigenvalue weighted by atomic mass is 9.93. The van der Waals surface area contributed by atoms with Crippen LogP contribution in [0.15, 0.2) is 35.6 Å². The lowest BCUT2D eigenvalue weighted by molar-refractivity contribution is 0.101. The highest BCUT2D eigenvalue weighted by atomic mass is 32.2. The third-order valence-electron chi connectivity index (χ3n) is 4.09. The maximum Gasteiger partial charge on any atom is 0.333 e. The molecular weight excluding hydrogens is 380 g/mol.